The number of hydrogen-bond donors (Lipinski definition) is 1. The molecule has 4 aromatic rings. The van der Waals surface area contributed by atoms with E-state index in [0.717, 1.165) is 21.7 Å². The number of thiophene rings is 1. The number of nitrogens with zero attached hydrogens (tertiary/aromatic N) is 2. The second-order valence-corrected chi connectivity index (χ2v) is 7.63. The number of benzene rings is 2. The molecule has 1 N–H and O–H groups in total. The fourth-order valence-electron chi connectivity index (χ4n) is 3.07. The molecule has 0 saturated carbocycles. The van der Waals surface area contributed by atoms with Gasteiger partial charge in [0.05, 0.1) is 5.39 Å². The van der Waals surface area contributed by atoms with Gasteiger partial charge in [-0.3, -0.25) is 0 Å². The highest BCUT2D eigenvalue weighted by atomic mass is 32.1. The van der Waals surface area contributed by atoms with Crippen LogP contribution in [-0.2, 0) is 0 Å². The van der Waals surface area contributed by atoms with E-state index in [1.165, 1.54) is 22.3 Å². The van der Waals surface area contributed by atoms with Gasteiger partial charge in [0.15, 0.2) is 0 Å². The topological polar surface area (TPSA) is 37.8 Å². The van der Waals surface area contributed by atoms with Crippen LogP contribution in [0, 0.1) is 6.92 Å². The van der Waals surface area contributed by atoms with E-state index in [-0.39, 0.29) is 0 Å². The number of para-hydroxylation sites is 1. The van der Waals surface area contributed by atoms with Crippen molar-refractivity contribution >= 4 is 33.1 Å². The molecule has 4 heteroatoms. The van der Waals surface area contributed by atoms with Gasteiger partial charge in [0.2, 0.25) is 0 Å². The number of aromatic nitrogens is 2. The molecular weight excluding hydrogens is 338 g/mol. The van der Waals surface area contributed by atoms with Crippen LogP contribution in [0.2, 0.25) is 0 Å². The molecule has 0 aliphatic rings. The summed E-state index contributed by atoms with van der Waals surface area (Å²) < 4.78 is 0. The van der Waals surface area contributed by atoms with E-state index in [1.54, 1.807) is 17.7 Å². The molecule has 0 aliphatic heterocycles. The summed E-state index contributed by atoms with van der Waals surface area (Å²) in [5, 5.41) is 6.75. The van der Waals surface area contributed by atoms with Gasteiger partial charge < -0.3 is 5.32 Å². The molecule has 3 nitrogen and oxygen atoms in total. The van der Waals surface area contributed by atoms with Crippen molar-refractivity contribution in [3.05, 3.63) is 71.4 Å². The Kier molecular flexibility index (Phi) is 4.43. The van der Waals surface area contributed by atoms with Crippen molar-refractivity contribution in [2.75, 3.05) is 5.32 Å². The van der Waals surface area contributed by atoms with Gasteiger partial charge in [-0.2, -0.15) is 0 Å². The Morgan fingerprint density at radius 1 is 0.962 bits per heavy atom. The quantitative estimate of drug-likeness (QED) is 0.450. The van der Waals surface area contributed by atoms with E-state index in [1.807, 2.05) is 12.1 Å². The van der Waals surface area contributed by atoms with Gasteiger partial charge in [0.25, 0.3) is 0 Å². The Bertz CT molecular complexity index is 1050. The van der Waals surface area contributed by atoms with Crippen LogP contribution in [0.4, 0.5) is 11.5 Å². The first-order valence-electron chi connectivity index (χ1n) is 8.78. The summed E-state index contributed by atoms with van der Waals surface area (Å²) in [4.78, 5) is 10.00. The smallest absolute Gasteiger partial charge is 0.143 e. The average molecular weight is 359 g/mol. The van der Waals surface area contributed by atoms with Gasteiger partial charge in [-0.1, -0.05) is 56.3 Å². The minimum Gasteiger partial charge on any atom is -0.339 e. The Morgan fingerprint density at radius 3 is 2.46 bits per heavy atom. The van der Waals surface area contributed by atoms with Crippen LogP contribution in [0.25, 0.3) is 21.3 Å². The van der Waals surface area contributed by atoms with Crippen molar-refractivity contribution in [2.24, 2.45) is 0 Å². The molecule has 0 fully saturated rings. The molecule has 0 saturated heterocycles. The lowest BCUT2D eigenvalue weighted by molar-refractivity contribution is 0.867. The van der Waals surface area contributed by atoms with Crippen molar-refractivity contribution < 1.29 is 0 Å². The molecule has 26 heavy (non-hydrogen) atoms. The van der Waals surface area contributed by atoms with E-state index in [2.05, 4.69) is 77.8 Å². The Morgan fingerprint density at radius 2 is 1.73 bits per heavy atom. The lowest BCUT2D eigenvalue weighted by Gasteiger charge is -2.11. The predicted molar refractivity (Wildman–Crippen MR) is 111 cm³/mol. The maximum absolute atomic E-state index is 4.53. The van der Waals surface area contributed by atoms with Crippen molar-refractivity contribution in [3.8, 4) is 11.1 Å². The summed E-state index contributed by atoms with van der Waals surface area (Å²) >= 11 is 1.66. The molecule has 0 radical (unpaired) electrons. The zero-order valence-electron chi connectivity index (χ0n) is 15.2. The largest absolute Gasteiger partial charge is 0.339 e. The standard InChI is InChI=1S/C22H21N3S/c1-14(2)16-8-10-17(11-9-16)18-12-26-22-20(18)21(23-13-24-22)25-19-7-5-4-6-15(19)3/h4-14H,1-3H3,(H,23,24,25). The highest BCUT2D eigenvalue weighted by Crippen LogP contribution is 2.38. The van der Waals surface area contributed by atoms with Gasteiger partial charge in [-0.05, 0) is 35.6 Å². The second kappa shape index (κ2) is 6.89. The molecule has 2 aromatic carbocycles. The van der Waals surface area contributed by atoms with E-state index < -0.39 is 0 Å². The van der Waals surface area contributed by atoms with Gasteiger partial charge in [0.1, 0.15) is 17.0 Å². The molecular formula is C22H21N3S. The van der Waals surface area contributed by atoms with E-state index in [0.29, 0.717) is 5.92 Å². The highest BCUT2D eigenvalue weighted by molar-refractivity contribution is 7.17. The van der Waals surface area contributed by atoms with Crippen LogP contribution < -0.4 is 5.32 Å². The molecule has 0 atom stereocenters. The summed E-state index contributed by atoms with van der Waals surface area (Å²) in [6.45, 7) is 6.53. The number of anilines is 2. The van der Waals surface area contributed by atoms with Gasteiger partial charge in [-0.25, -0.2) is 9.97 Å². The summed E-state index contributed by atoms with van der Waals surface area (Å²) in [7, 11) is 0. The van der Waals surface area contributed by atoms with Crippen molar-refractivity contribution in [1.82, 2.24) is 9.97 Å². The number of aryl methyl sites for hydroxylation is 1. The lowest BCUT2D eigenvalue weighted by atomic mass is 9.99. The van der Waals surface area contributed by atoms with E-state index >= 15 is 0 Å². The molecule has 130 valence electrons. The number of hydrogen-bond acceptors (Lipinski definition) is 4. The van der Waals surface area contributed by atoms with Crippen molar-refractivity contribution in [3.63, 3.8) is 0 Å². The Balaban J connectivity index is 1.81. The molecule has 0 aliphatic carbocycles. The number of nitrogens with one attached hydrogen (secondary N) is 1. The summed E-state index contributed by atoms with van der Waals surface area (Å²) in [5.41, 5.74) is 5.99. The minimum absolute atomic E-state index is 0.532. The van der Waals surface area contributed by atoms with E-state index in [9.17, 15) is 0 Å². The van der Waals surface area contributed by atoms with Gasteiger partial charge >= 0.3 is 0 Å². The minimum atomic E-state index is 0.532. The van der Waals surface area contributed by atoms with Crippen LogP contribution in [0.1, 0.15) is 30.9 Å². The van der Waals surface area contributed by atoms with Crippen LogP contribution in [0.5, 0.6) is 0 Å². The van der Waals surface area contributed by atoms with Gasteiger partial charge in [-0.15, -0.1) is 11.3 Å². The maximum Gasteiger partial charge on any atom is 0.143 e. The third-order valence-corrected chi connectivity index (χ3v) is 5.54. The van der Waals surface area contributed by atoms with Crippen molar-refractivity contribution in [1.29, 1.82) is 0 Å². The van der Waals surface area contributed by atoms with Crippen LogP contribution in [0.3, 0.4) is 0 Å². The first-order valence-corrected chi connectivity index (χ1v) is 9.66. The summed E-state index contributed by atoms with van der Waals surface area (Å²) in [5.74, 6) is 1.39. The lowest BCUT2D eigenvalue weighted by Crippen LogP contribution is -1.97. The van der Waals surface area contributed by atoms with E-state index in [4.69, 9.17) is 0 Å². The molecule has 0 bridgehead atoms. The maximum atomic E-state index is 4.53. The Labute approximate surface area is 157 Å². The molecule has 0 amide bonds. The monoisotopic (exact) mass is 359 g/mol. The second-order valence-electron chi connectivity index (χ2n) is 6.77. The third-order valence-electron chi connectivity index (χ3n) is 4.66. The Hall–Kier alpha value is -2.72. The molecule has 0 unspecified atom stereocenters. The fourth-order valence-corrected chi connectivity index (χ4v) is 3.99. The molecule has 4 rings (SSSR count). The predicted octanol–water partition coefficient (Wildman–Crippen LogP) is 6.53. The first kappa shape index (κ1) is 16.7. The summed E-state index contributed by atoms with van der Waals surface area (Å²) in [6, 6.07) is 17.1. The highest BCUT2D eigenvalue weighted by Gasteiger charge is 2.14. The number of rotatable bonds is 4. The zero-order valence-corrected chi connectivity index (χ0v) is 16.0. The number of fused-ring (bicyclic) bond motifs is 1. The molecule has 2 heterocycles. The van der Waals surface area contributed by atoms with Crippen LogP contribution >= 0.6 is 11.3 Å². The van der Waals surface area contributed by atoms with Crippen molar-refractivity contribution in [2.45, 2.75) is 26.7 Å². The third kappa shape index (κ3) is 3.08. The SMILES string of the molecule is Cc1ccccc1Nc1ncnc2scc(-c3ccc(C(C)C)cc3)c12. The average Bonchev–Trinajstić information content (AvgIpc) is 3.09. The molecule has 2 aromatic heterocycles. The van der Waals surface area contributed by atoms with Crippen LogP contribution in [-0.4, -0.2) is 9.97 Å². The molecule has 0 spiro atoms. The fraction of sp³-hybridized carbons (Fsp3) is 0.182. The zero-order chi connectivity index (χ0) is 18.1. The normalized spacial score (nSPS) is 11.2. The van der Waals surface area contributed by atoms with Gasteiger partial charge in [0, 0.05) is 16.6 Å². The first-order chi connectivity index (χ1) is 12.6. The van der Waals surface area contributed by atoms with Crippen LogP contribution in [0.15, 0.2) is 60.2 Å². The summed E-state index contributed by atoms with van der Waals surface area (Å²) in [6.07, 6.45) is 1.63.